The SMILES string of the molecule is CCC1CN(C(=NC)NCC2CCN(Cc3csc(C)n3)CC2)CCS1.I. The lowest BCUT2D eigenvalue weighted by Crippen LogP contribution is -2.49. The maximum absolute atomic E-state index is 4.60. The Kier molecular flexibility index (Phi) is 10.2. The molecular weight excluding hydrogens is 489 g/mol. The topological polar surface area (TPSA) is 43.8 Å². The van der Waals surface area contributed by atoms with Crippen LogP contribution in [0.2, 0.25) is 0 Å². The number of rotatable bonds is 5. The van der Waals surface area contributed by atoms with Crippen LogP contribution in [0.4, 0.5) is 0 Å². The van der Waals surface area contributed by atoms with E-state index >= 15 is 0 Å². The number of aryl methyl sites for hydroxylation is 1. The second-order valence-corrected chi connectivity index (χ2v) is 9.82. The van der Waals surface area contributed by atoms with Gasteiger partial charge in [0, 0.05) is 49.6 Å². The molecule has 0 radical (unpaired) electrons. The zero-order valence-electron chi connectivity index (χ0n) is 16.8. The molecular formula is C19H34IN5S2. The van der Waals surface area contributed by atoms with Crippen LogP contribution < -0.4 is 5.32 Å². The van der Waals surface area contributed by atoms with Gasteiger partial charge in [0.05, 0.1) is 10.7 Å². The molecule has 0 amide bonds. The maximum Gasteiger partial charge on any atom is 0.193 e. The summed E-state index contributed by atoms with van der Waals surface area (Å²) in [6, 6.07) is 0. The number of guanidine groups is 1. The lowest BCUT2D eigenvalue weighted by molar-refractivity contribution is 0.176. The number of piperidine rings is 1. The van der Waals surface area contributed by atoms with Crippen molar-refractivity contribution >= 4 is 53.0 Å². The molecule has 3 heterocycles. The van der Waals surface area contributed by atoms with Crippen molar-refractivity contribution in [1.29, 1.82) is 0 Å². The lowest BCUT2D eigenvalue weighted by atomic mass is 9.97. The number of hydrogen-bond acceptors (Lipinski definition) is 5. The van der Waals surface area contributed by atoms with E-state index in [9.17, 15) is 0 Å². The van der Waals surface area contributed by atoms with E-state index < -0.39 is 0 Å². The number of aliphatic imine (C=N–C) groups is 1. The third kappa shape index (κ3) is 7.04. The Labute approximate surface area is 189 Å². The van der Waals surface area contributed by atoms with Crippen LogP contribution >= 0.6 is 47.1 Å². The van der Waals surface area contributed by atoms with Crippen molar-refractivity contribution in [3.05, 3.63) is 16.1 Å². The van der Waals surface area contributed by atoms with Crippen LogP contribution in [0.1, 0.15) is 36.9 Å². The summed E-state index contributed by atoms with van der Waals surface area (Å²) in [7, 11) is 1.92. The molecule has 1 N–H and O–H groups in total. The van der Waals surface area contributed by atoms with Crippen LogP contribution in [0.5, 0.6) is 0 Å². The van der Waals surface area contributed by atoms with Gasteiger partial charge in [-0.2, -0.15) is 11.8 Å². The van der Waals surface area contributed by atoms with E-state index in [0.29, 0.717) is 0 Å². The molecule has 1 unspecified atom stereocenters. The molecule has 3 rings (SSSR count). The number of nitrogens with one attached hydrogen (secondary N) is 1. The highest BCUT2D eigenvalue weighted by atomic mass is 127. The molecule has 0 spiro atoms. The van der Waals surface area contributed by atoms with E-state index in [1.807, 2.05) is 7.05 Å². The Bertz CT molecular complexity index is 586. The molecule has 2 saturated heterocycles. The highest BCUT2D eigenvalue weighted by Gasteiger charge is 2.23. The van der Waals surface area contributed by atoms with Gasteiger partial charge in [-0.15, -0.1) is 35.3 Å². The van der Waals surface area contributed by atoms with Gasteiger partial charge in [-0.3, -0.25) is 9.89 Å². The first kappa shape index (κ1) is 23.2. The zero-order chi connectivity index (χ0) is 18.4. The maximum atomic E-state index is 4.60. The summed E-state index contributed by atoms with van der Waals surface area (Å²) in [5.41, 5.74) is 1.23. The van der Waals surface area contributed by atoms with Crippen LogP contribution in [-0.2, 0) is 6.54 Å². The molecule has 8 heteroatoms. The fraction of sp³-hybridized carbons (Fsp3) is 0.789. The third-order valence-corrected chi connectivity index (χ3v) is 7.61. The van der Waals surface area contributed by atoms with Crippen LogP contribution in [0.15, 0.2) is 10.4 Å². The van der Waals surface area contributed by atoms with Crippen LogP contribution in [0.25, 0.3) is 0 Å². The summed E-state index contributed by atoms with van der Waals surface area (Å²) in [6.45, 7) is 11.0. The van der Waals surface area contributed by atoms with E-state index in [0.717, 1.165) is 43.3 Å². The highest BCUT2D eigenvalue weighted by Crippen LogP contribution is 2.22. The fourth-order valence-corrected chi connectivity index (χ4v) is 5.57. The number of likely N-dealkylation sites (tertiary alicyclic amines) is 1. The minimum Gasteiger partial charge on any atom is -0.356 e. The molecule has 0 bridgehead atoms. The molecule has 1 atom stereocenters. The second-order valence-electron chi connectivity index (χ2n) is 7.35. The average molecular weight is 524 g/mol. The normalized spacial score (nSPS) is 22.6. The summed E-state index contributed by atoms with van der Waals surface area (Å²) in [5, 5.41) is 7.78. The fourth-order valence-electron chi connectivity index (χ4n) is 3.79. The van der Waals surface area contributed by atoms with Crippen LogP contribution in [0, 0.1) is 12.8 Å². The van der Waals surface area contributed by atoms with Crippen LogP contribution in [-0.4, -0.2) is 71.5 Å². The zero-order valence-corrected chi connectivity index (χ0v) is 20.8. The van der Waals surface area contributed by atoms with Gasteiger partial charge in [-0.05, 0) is 45.2 Å². The highest BCUT2D eigenvalue weighted by molar-refractivity contribution is 14.0. The van der Waals surface area contributed by atoms with Crippen molar-refractivity contribution in [2.24, 2.45) is 10.9 Å². The van der Waals surface area contributed by atoms with Crippen molar-refractivity contribution in [1.82, 2.24) is 20.1 Å². The number of aromatic nitrogens is 1. The van der Waals surface area contributed by atoms with Gasteiger partial charge in [-0.1, -0.05) is 6.92 Å². The molecule has 2 fully saturated rings. The number of halogens is 1. The largest absolute Gasteiger partial charge is 0.356 e. The van der Waals surface area contributed by atoms with E-state index in [-0.39, 0.29) is 24.0 Å². The summed E-state index contributed by atoms with van der Waals surface area (Å²) in [6.07, 6.45) is 3.77. The monoisotopic (exact) mass is 523 g/mol. The Morgan fingerprint density at radius 2 is 2.11 bits per heavy atom. The molecule has 1 aromatic rings. The van der Waals surface area contributed by atoms with Crippen molar-refractivity contribution in [2.75, 3.05) is 45.5 Å². The molecule has 154 valence electrons. The number of thiazole rings is 1. The first-order valence-corrected chi connectivity index (χ1v) is 11.8. The minimum atomic E-state index is 0. The number of hydrogen-bond donors (Lipinski definition) is 1. The first-order valence-electron chi connectivity index (χ1n) is 9.88. The number of thioether (sulfide) groups is 1. The van der Waals surface area contributed by atoms with E-state index in [1.54, 1.807) is 11.3 Å². The Morgan fingerprint density at radius 1 is 1.33 bits per heavy atom. The van der Waals surface area contributed by atoms with Crippen molar-refractivity contribution in [3.8, 4) is 0 Å². The molecule has 5 nitrogen and oxygen atoms in total. The summed E-state index contributed by atoms with van der Waals surface area (Å²) < 4.78 is 0. The molecule has 2 aliphatic heterocycles. The molecule has 2 aliphatic rings. The van der Waals surface area contributed by atoms with Crippen LogP contribution in [0.3, 0.4) is 0 Å². The average Bonchev–Trinajstić information content (AvgIpc) is 3.08. The summed E-state index contributed by atoms with van der Waals surface area (Å²) in [4.78, 5) is 14.1. The van der Waals surface area contributed by atoms with Crippen molar-refractivity contribution < 1.29 is 0 Å². The van der Waals surface area contributed by atoms with Crippen molar-refractivity contribution in [2.45, 2.75) is 44.9 Å². The predicted molar refractivity (Wildman–Crippen MR) is 130 cm³/mol. The molecule has 27 heavy (non-hydrogen) atoms. The Morgan fingerprint density at radius 3 is 2.74 bits per heavy atom. The van der Waals surface area contributed by atoms with E-state index in [1.165, 1.54) is 48.8 Å². The van der Waals surface area contributed by atoms with Gasteiger partial charge in [-0.25, -0.2) is 4.98 Å². The van der Waals surface area contributed by atoms with Gasteiger partial charge in [0.25, 0.3) is 0 Å². The quantitative estimate of drug-likeness (QED) is 0.363. The standard InChI is InChI=1S/C19H33N5S2.HI/c1-4-18-13-24(9-10-25-18)19(20-3)21-11-16-5-7-23(8-6-16)12-17-14-26-15(2)22-17;/h14,16,18H,4-13H2,1-3H3,(H,20,21);1H. The minimum absolute atomic E-state index is 0. The third-order valence-electron chi connectivity index (χ3n) is 5.41. The molecule has 0 aromatic carbocycles. The lowest BCUT2D eigenvalue weighted by Gasteiger charge is -2.36. The number of nitrogens with zero attached hydrogens (tertiary/aromatic N) is 4. The Hall–Kier alpha value is -0.0600. The predicted octanol–water partition coefficient (Wildman–Crippen LogP) is 3.68. The Balaban J connectivity index is 0.00000261. The summed E-state index contributed by atoms with van der Waals surface area (Å²) in [5.74, 6) is 3.07. The van der Waals surface area contributed by atoms with E-state index in [4.69, 9.17) is 0 Å². The van der Waals surface area contributed by atoms with Gasteiger partial charge in [0.15, 0.2) is 5.96 Å². The van der Waals surface area contributed by atoms with Gasteiger partial charge < -0.3 is 10.2 Å². The molecule has 0 aliphatic carbocycles. The molecule has 1 aromatic heterocycles. The van der Waals surface area contributed by atoms with Gasteiger partial charge >= 0.3 is 0 Å². The van der Waals surface area contributed by atoms with Gasteiger partial charge in [0.2, 0.25) is 0 Å². The second kappa shape index (κ2) is 11.8. The first-order chi connectivity index (χ1) is 12.7. The smallest absolute Gasteiger partial charge is 0.193 e. The van der Waals surface area contributed by atoms with E-state index in [2.05, 4.69) is 56.1 Å². The summed E-state index contributed by atoms with van der Waals surface area (Å²) >= 11 is 3.86. The van der Waals surface area contributed by atoms with Gasteiger partial charge in [0.1, 0.15) is 0 Å². The molecule has 0 saturated carbocycles. The van der Waals surface area contributed by atoms with Crippen molar-refractivity contribution in [3.63, 3.8) is 0 Å².